The monoisotopic (exact) mass is 566 g/mol. The van der Waals surface area contributed by atoms with Crippen molar-refractivity contribution < 1.29 is 14.0 Å². The van der Waals surface area contributed by atoms with Crippen LogP contribution in [-0.4, -0.2) is 68.9 Å². The molecular weight excluding hydrogens is 539 g/mol. The molecule has 2 aromatic heterocycles. The molecule has 0 spiro atoms. The van der Waals surface area contributed by atoms with Crippen molar-refractivity contribution in [2.75, 3.05) is 28.2 Å². The van der Waals surface area contributed by atoms with Crippen LogP contribution in [-0.2, 0) is 13.1 Å². The summed E-state index contributed by atoms with van der Waals surface area (Å²) in [5.74, 6) is -1.11. The molecule has 2 heterocycles. The zero-order valence-corrected chi connectivity index (χ0v) is 23.2. The fraction of sp³-hybridized carbons (Fsp3) is 0.214. The molecule has 12 heteroatoms. The highest BCUT2D eigenvalue weighted by Crippen LogP contribution is 2.19. The van der Waals surface area contributed by atoms with E-state index < -0.39 is 11.7 Å². The fourth-order valence-corrected chi connectivity index (χ4v) is 3.75. The van der Waals surface area contributed by atoms with E-state index >= 15 is 0 Å². The maximum absolute atomic E-state index is 13.9. The highest BCUT2D eigenvalue weighted by atomic mass is 35.5. The Bertz CT molecular complexity index is 1630. The zero-order valence-electron chi connectivity index (χ0n) is 22.4. The van der Waals surface area contributed by atoms with Crippen molar-refractivity contribution in [3.05, 3.63) is 127 Å². The van der Waals surface area contributed by atoms with Crippen LogP contribution in [0.1, 0.15) is 31.8 Å². The highest BCUT2D eigenvalue weighted by Gasteiger charge is 2.14. The predicted molar refractivity (Wildman–Crippen MR) is 149 cm³/mol. The lowest BCUT2D eigenvalue weighted by Crippen LogP contribution is -2.23. The molecule has 0 unspecified atom stereocenters. The SMILES string of the molecule is CN(C)C(=O)c1ccc(Cn2cnccc2=O)c(Cl)c1.CN(C)C(=O)c1ccc(Cn2cnccc2=O)cc1F. The van der Waals surface area contributed by atoms with E-state index in [0.717, 1.165) is 5.56 Å². The zero-order chi connectivity index (χ0) is 29.4. The topological polar surface area (TPSA) is 110 Å². The van der Waals surface area contributed by atoms with Gasteiger partial charge in [0.25, 0.3) is 22.9 Å². The van der Waals surface area contributed by atoms with Gasteiger partial charge in [-0.25, -0.2) is 14.4 Å². The van der Waals surface area contributed by atoms with E-state index in [1.54, 1.807) is 52.5 Å². The van der Waals surface area contributed by atoms with Crippen molar-refractivity contribution in [3.63, 3.8) is 0 Å². The van der Waals surface area contributed by atoms with Crippen LogP contribution in [0.2, 0.25) is 5.02 Å². The molecule has 0 bridgehead atoms. The van der Waals surface area contributed by atoms with Crippen LogP contribution in [0, 0.1) is 5.82 Å². The van der Waals surface area contributed by atoms with Crippen molar-refractivity contribution in [2.24, 2.45) is 0 Å². The summed E-state index contributed by atoms with van der Waals surface area (Å²) < 4.78 is 16.7. The van der Waals surface area contributed by atoms with Gasteiger partial charge in [0.05, 0.1) is 31.3 Å². The smallest absolute Gasteiger partial charge is 0.256 e. The Hall–Kier alpha value is -4.64. The number of halogens is 2. The van der Waals surface area contributed by atoms with Gasteiger partial charge in [0.2, 0.25) is 0 Å². The van der Waals surface area contributed by atoms with Crippen molar-refractivity contribution >= 4 is 23.4 Å². The lowest BCUT2D eigenvalue weighted by atomic mass is 10.1. The largest absolute Gasteiger partial charge is 0.345 e. The summed E-state index contributed by atoms with van der Waals surface area (Å²) in [5.41, 5.74) is 1.52. The summed E-state index contributed by atoms with van der Waals surface area (Å²) in [4.78, 5) is 57.2. The van der Waals surface area contributed by atoms with Gasteiger partial charge in [0, 0.05) is 63.3 Å². The Morgan fingerprint density at radius 3 is 1.88 bits per heavy atom. The Kier molecular flexibility index (Phi) is 10.0. The van der Waals surface area contributed by atoms with E-state index in [-0.39, 0.29) is 29.1 Å². The van der Waals surface area contributed by atoms with Gasteiger partial charge in [-0.1, -0.05) is 23.7 Å². The molecule has 2 amide bonds. The van der Waals surface area contributed by atoms with Gasteiger partial charge in [0.15, 0.2) is 0 Å². The number of aromatic nitrogens is 4. The number of carbonyl (C=O) groups excluding carboxylic acids is 2. The molecule has 10 nitrogen and oxygen atoms in total. The molecule has 0 radical (unpaired) electrons. The minimum Gasteiger partial charge on any atom is -0.345 e. The van der Waals surface area contributed by atoms with Crippen molar-refractivity contribution in [1.29, 1.82) is 0 Å². The fourth-order valence-electron chi connectivity index (χ4n) is 3.51. The average Bonchev–Trinajstić information content (AvgIpc) is 2.92. The number of carbonyl (C=O) groups is 2. The van der Waals surface area contributed by atoms with E-state index in [1.807, 2.05) is 0 Å². The molecule has 4 rings (SSSR count). The Morgan fingerprint density at radius 2 is 1.38 bits per heavy atom. The summed E-state index contributed by atoms with van der Waals surface area (Å²) >= 11 is 6.17. The van der Waals surface area contributed by atoms with E-state index in [1.165, 1.54) is 68.2 Å². The van der Waals surface area contributed by atoms with Gasteiger partial charge in [-0.05, 0) is 35.4 Å². The van der Waals surface area contributed by atoms with Gasteiger partial charge < -0.3 is 9.80 Å². The lowest BCUT2D eigenvalue weighted by molar-refractivity contribution is 0.0817. The molecule has 208 valence electrons. The number of hydrogen-bond donors (Lipinski definition) is 0. The number of benzene rings is 2. The molecule has 0 aliphatic heterocycles. The first-order valence-corrected chi connectivity index (χ1v) is 12.4. The molecular formula is C28H28ClFN6O4. The standard InChI is InChI=1S/C14H14ClN3O2.C14H14FN3O2/c1-17(2)14(20)10-3-4-11(12(15)7-10)8-18-9-16-6-5-13(18)19;1-17(2)14(20)11-4-3-10(7-12(11)15)8-18-9-16-6-5-13(18)19/h2*3-7,9H,8H2,1-2H3. The van der Waals surface area contributed by atoms with Gasteiger partial charge in [0.1, 0.15) is 5.82 Å². The summed E-state index contributed by atoms with van der Waals surface area (Å²) in [6, 6.07) is 12.1. The van der Waals surface area contributed by atoms with Crippen LogP contribution in [0.25, 0.3) is 0 Å². The van der Waals surface area contributed by atoms with Gasteiger partial charge in [-0.2, -0.15) is 0 Å². The maximum Gasteiger partial charge on any atom is 0.256 e. The molecule has 40 heavy (non-hydrogen) atoms. The second-order valence-corrected chi connectivity index (χ2v) is 9.52. The maximum atomic E-state index is 13.9. The van der Waals surface area contributed by atoms with Crippen LogP contribution in [0.4, 0.5) is 4.39 Å². The highest BCUT2D eigenvalue weighted by molar-refractivity contribution is 6.31. The molecule has 0 saturated carbocycles. The normalized spacial score (nSPS) is 10.3. The second-order valence-electron chi connectivity index (χ2n) is 9.11. The number of rotatable bonds is 6. The minimum atomic E-state index is -0.599. The third-order valence-corrected chi connectivity index (χ3v) is 6.01. The summed E-state index contributed by atoms with van der Waals surface area (Å²) in [5, 5.41) is 0.452. The molecule has 0 aliphatic rings. The van der Waals surface area contributed by atoms with E-state index in [0.29, 0.717) is 22.7 Å². The third-order valence-electron chi connectivity index (χ3n) is 5.65. The van der Waals surface area contributed by atoms with Crippen LogP contribution in [0.5, 0.6) is 0 Å². The van der Waals surface area contributed by atoms with Crippen LogP contribution in [0.3, 0.4) is 0 Å². The molecule has 0 fully saturated rings. The predicted octanol–water partition coefficient (Wildman–Crippen LogP) is 2.78. The Labute approximate surface area is 234 Å². The minimum absolute atomic E-state index is 0.0114. The van der Waals surface area contributed by atoms with Gasteiger partial charge in [-0.3, -0.25) is 28.3 Å². The summed E-state index contributed by atoms with van der Waals surface area (Å²) in [6.45, 7) is 0.530. The number of nitrogens with zero attached hydrogens (tertiary/aromatic N) is 6. The van der Waals surface area contributed by atoms with Crippen LogP contribution in [0.15, 0.2) is 83.2 Å². The first-order valence-electron chi connectivity index (χ1n) is 12.0. The quantitative estimate of drug-likeness (QED) is 0.355. The molecule has 2 aromatic carbocycles. The van der Waals surface area contributed by atoms with E-state index in [4.69, 9.17) is 11.6 Å². The molecule has 0 aliphatic carbocycles. The average molecular weight is 567 g/mol. The molecule has 4 aromatic rings. The van der Waals surface area contributed by atoms with E-state index in [2.05, 4.69) is 9.97 Å². The van der Waals surface area contributed by atoms with E-state index in [9.17, 15) is 23.6 Å². The first kappa shape index (κ1) is 29.9. The molecule has 0 saturated heterocycles. The van der Waals surface area contributed by atoms with Crippen molar-refractivity contribution in [2.45, 2.75) is 13.1 Å². The lowest BCUT2D eigenvalue weighted by Gasteiger charge is -2.12. The number of amides is 2. The Balaban J connectivity index is 0.000000220. The molecule has 0 atom stereocenters. The van der Waals surface area contributed by atoms with Gasteiger partial charge >= 0.3 is 0 Å². The molecule has 0 N–H and O–H groups in total. The third kappa shape index (κ3) is 7.70. The van der Waals surface area contributed by atoms with Crippen molar-refractivity contribution in [3.8, 4) is 0 Å². The Morgan fingerprint density at radius 1 is 0.800 bits per heavy atom. The summed E-state index contributed by atoms with van der Waals surface area (Å²) in [6.07, 6.45) is 5.69. The first-order chi connectivity index (χ1) is 19.0. The number of hydrogen-bond acceptors (Lipinski definition) is 6. The summed E-state index contributed by atoms with van der Waals surface area (Å²) in [7, 11) is 6.48. The van der Waals surface area contributed by atoms with Crippen molar-refractivity contribution in [1.82, 2.24) is 28.9 Å². The van der Waals surface area contributed by atoms with Crippen LogP contribution >= 0.6 is 11.6 Å². The second kappa shape index (κ2) is 13.4. The van der Waals surface area contributed by atoms with Crippen LogP contribution < -0.4 is 11.1 Å². The van der Waals surface area contributed by atoms with Gasteiger partial charge in [-0.15, -0.1) is 0 Å².